The largest absolute Gasteiger partial charge is 0.446 e. The lowest BCUT2D eigenvalue weighted by Crippen LogP contribution is -2.27. The van der Waals surface area contributed by atoms with Gasteiger partial charge < -0.3 is 8.67 Å². The van der Waals surface area contributed by atoms with Crippen molar-refractivity contribution in [1.29, 1.82) is 0 Å². The Balaban J connectivity index is 0.000000385. The Morgan fingerprint density at radius 1 is 1.06 bits per heavy atom. The molecular formula is C10H18NO4S+. The first-order valence-corrected chi connectivity index (χ1v) is 5.95. The van der Waals surface area contributed by atoms with E-state index in [0.717, 1.165) is 4.48 Å². The molecule has 0 saturated carbocycles. The molecule has 0 atom stereocenters. The summed E-state index contributed by atoms with van der Waals surface area (Å²) >= 11 is 0. The molecule has 0 amide bonds. The molecule has 5 nitrogen and oxygen atoms in total. The molecule has 1 N–H and O–H groups in total. The second kappa shape index (κ2) is 5.83. The molecule has 0 saturated heterocycles. The molecule has 0 aromatic heterocycles. The van der Waals surface area contributed by atoms with Crippen LogP contribution in [0.1, 0.15) is 0 Å². The minimum absolute atomic E-state index is 0.0926. The third-order valence-corrected chi connectivity index (χ3v) is 1.35. The summed E-state index contributed by atoms with van der Waals surface area (Å²) in [7, 11) is 4.12. The highest BCUT2D eigenvalue weighted by Gasteiger charge is 2.04. The molecule has 1 aromatic carbocycles. The summed E-state index contributed by atoms with van der Waals surface area (Å²) in [6.45, 7) is 0. The van der Waals surface area contributed by atoms with Crippen molar-refractivity contribution in [3.05, 3.63) is 30.3 Å². The van der Waals surface area contributed by atoms with Gasteiger partial charge in [0.15, 0.2) is 0 Å². The van der Waals surface area contributed by atoms with Crippen LogP contribution in [0.2, 0.25) is 0 Å². The highest BCUT2D eigenvalue weighted by Crippen LogP contribution is 2.09. The first-order valence-electron chi connectivity index (χ1n) is 4.59. The smallest absolute Gasteiger partial charge is 0.362 e. The van der Waals surface area contributed by atoms with E-state index in [0.29, 0.717) is 0 Å². The van der Waals surface area contributed by atoms with Crippen LogP contribution in [-0.4, -0.2) is 45.6 Å². The van der Waals surface area contributed by atoms with Crippen LogP contribution in [0.15, 0.2) is 30.3 Å². The van der Waals surface area contributed by atoms with Gasteiger partial charge in [0.25, 0.3) is 0 Å². The molecule has 0 spiro atoms. The lowest BCUT2D eigenvalue weighted by Gasteiger charge is -2.14. The van der Waals surface area contributed by atoms with E-state index >= 15 is 0 Å². The van der Waals surface area contributed by atoms with Crippen LogP contribution in [0.25, 0.3) is 0 Å². The van der Waals surface area contributed by atoms with Gasteiger partial charge in [-0.25, -0.2) is 0 Å². The van der Waals surface area contributed by atoms with E-state index in [-0.39, 0.29) is 5.75 Å². The Labute approximate surface area is 96.8 Å². The van der Waals surface area contributed by atoms with Gasteiger partial charge in [-0.1, -0.05) is 18.2 Å². The summed E-state index contributed by atoms with van der Waals surface area (Å²) in [5.41, 5.74) is 0. The minimum Gasteiger partial charge on any atom is -0.362 e. The predicted molar refractivity (Wildman–Crippen MR) is 62.6 cm³/mol. The summed E-state index contributed by atoms with van der Waals surface area (Å²) in [5, 5.41) is 0. The molecule has 0 bridgehead atoms. The van der Waals surface area contributed by atoms with Crippen molar-refractivity contribution in [1.82, 2.24) is 0 Å². The lowest BCUT2D eigenvalue weighted by atomic mass is 10.3. The molecule has 1 rings (SSSR count). The Morgan fingerprint density at radius 2 is 1.44 bits per heavy atom. The molecule has 6 heteroatoms. The van der Waals surface area contributed by atoms with Gasteiger partial charge in [-0.15, -0.1) is 0 Å². The average Bonchev–Trinajstić information content (AvgIpc) is 1.99. The summed E-state index contributed by atoms with van der Waals surface area (Å²) in [4.78, 5) is 0. The zero-order chi connectivity index (χ0) is 12.8. The van der Waals surface area contributed by atoms with Crippen LogP contribution in [-0.2, 0) is 10.4 Å². The van der Waals surface area contributed by atoms with Gasteiger partial charge in [0.1, 0.15) is 5.75 Å². The number of benzene rings is 1. The molecule has 0 aliphatic rings. The van der Waals surface area contributed by atoms with Crippen LogP contribution in [0.4, 0.5) is 0 Å². The Hall–Kier alpha value is -1.11. The average molecular weight is 248 g/mol. The van der Waals surface area contributed by atoms with Crippen LogP contribution in [0.3, 0.4) is 0 Å². The fourth-order valence-corrected chi connectivity index (χ4v) is 0.952. The molecular weight excluding hydrogens is 230 g/mol. The van der Waals surface area contributed by atoms with Gasteiger partial charge in [-0.3, -0.25) is 4.55 Å². The third kappa shape index (κ3) is 12.9. The van der Waals surface area contributed by atoms with Gasteiger partial charge in [-0.05, 0) is 12.1 Å². The molecule has 0 aliphatic carbocycles. The van der Waals surface area contributed by atoms with Crippen LogP contribution < -0.4 is 4.18 Å². The minimum atomic E-state index is -4.38. The number of rotatable bonds is 2. The molecule has 1 aromatic rings. The summed E-state index contributed by atoms with van der Waals surface area (Å²) in [6, 6.07) is 7.75. The lowest BCUT2D eigenvalue weighted by molar-refractivity contribution is -0.849. The normalized spacial score (nSPS) is 11.3. The van der Waals surface area contributed by atoms with E-state index in [1.165, 1.54) is 12.1 Å². The SMILES string of the molecule is C[N+](C)(C)C.O=S(=O)(O)Oc1ccccc1. The Morgan fingerprint density at radius 3 is 1.75 bits per heavy atom. The Kier molecular flexibility index (Phi) is 5.43. The fourth-order valence-electron chi connectivity index (χ4n) is 0.598. The predicted octanol–water partition coefficient (Wildman–Crippen LogP) is 1.19. The first kappa shape index (κ1) is 14.9. The van der Waals surface area contributed by atoms with E-state index in [9.17, 15) is 8.42 Å². The zero-order valence-electron chi connectivity index (χ0n) is 9.91. The van der Waals surface area contributed by atoms with E-state index < -0.39 is 10.4 Å². The van der Waals surface area contributed by atoms with Gasteiger partial charge in [0.2, 0.25) is 0 Å². The van der Waals surface area contributed by atoms with Crippen LogP contribution >= 0.6 is 0 Å². The van der Waals surface area contributed by atoms with Crippen molar-refractivity contribution in [3.63, 3.8) is 0 Å². The van der Waals surface area contributed by atoms with Gasteiger partial charge in [0.05, 0.1) is 28.2 Å². The molecule has 0 aliphatic heterocycles. The fraction of sp³-hybridized carbons (Fsp3) is 0.400. The van der Waals surface area contributed by atoms with E-state index in [1.54, 1.807) is 18.2 Å². The molecule has 92 valence electrons. The number of hydrogen-bond donors (Lipinski definition) is 1. The van der Waals surface area contributed by atoms with Crippen LogP contribution in [0, 0.1) is 0 Å². The molecule has 0 fully saturated rings. The van der Waals surface area contributed by atoms with Crippen LogP contribution in [0.5, 0.6) is 5.75 Å². The number of quaternary nitrogens is 1. The third-order valence-electron chi connectivity index (χ3n) is 0.945. The van der Waals surface area contributed by atoms with E-state index in [2.05, 4.69) is 32.4 Å². The van der Waals surface area contributed by atoms with Gasteiger partial charge >= 0.3 is 10.4 Å². The molecule has 16 heavy (non-hydrogen) atoms. The maximum atomic E-state index is 10.1. The number of hydrogen-bond acceptors (Lipinski definition) is 3. The van der Waals surface area contributed by atoms with Crippen molar-refractivity contribution < 1.29 is 21.6 Å². The number of nitrogens with zero attached hydrogens (tertiary/aromatic N) is 1. The standard InChI is InChI=1S/C6H6O4S.C4H12N/c7-11(8,9)10-6-4-2-1-3-5-6;1-5(2,3)4/h1-5H,(H,7,8,9);1-4H3/q;+1. The molecule has 0 heterocycles. The van der Waals surface area contributed by atoms with Crippen molar-refractivity contribution >= 4 is 10.4 Å². The summed E-state index contributed by atoms with van der Waals surface area (Å²) < 4.78 is 33.6. The highest BCUT2D eigenvalue weighted by atomic mass is 32.3. The van der Waals surface area contributed by atoms with Crippen molar-refractivity contribution in [3.8, 4) is 5.75 Å². The maximum absolute atomic E-state index is 10.1. The monoisotopic (exact) mass is 248 g/mol. The van der Waals surface area contributed by atoms with Crippen molar-refractivity contribution in [2.45, 2.75) is 0 Å². The van der Waals surface area contributed by atoms with Gasteiger partial charge in [0, 0.05) is 0 Å². The number of para-hydroxylation sites is 1. The topological polar surface area (TPSA) is 63.6 Å². The zero-order valence-corrected chi connectivity index (χ0v) is 10.7. The second-order valence-electron chi connectivity index (χ2n) is 4.51. The maximum Gasteiger partial charge on any atom is 0.446 e. The summed E-state index contributed by atoms with van der Waals surface area (Å²) in [5.74, 6) is 0.0926. The highest BCUT2D eigenvalue weighted by molar-refractivity contribution is 7.81. The second-order valence-corrected chi connectivity index (χ2v) is 5.53. The molecule has 0 radical (unpaired) electrons. The van der Waals surface area contributed by atoms with Crippen molar-refractivity contribution in [2.24, 2.45) is 0 Å². The summed E-state index contributed by atoms with van der Waals surface area (Å²) in [6.07, 6.45) is 0. The first-order chi connectivity index (χ1) is 7.08. The van der Waals surface area contributed by atoms with Crippen molar-refractivity contribution in [2.75, 3.05) is 28.2 Å². The van der Waals surface area contributed by atoms with E-state index in [1.807, 2.05) is 0 Å². The van der Waals surface area contributed by atoms with Gasteiger partial charge in [-0.2, -0.15) is 8.42 Å². The van der Waals surface area contributed by atoms with E-state index in [4.69, 9.17) is 4.55 Å². The molecule has 0 unspecified atom stereocenters. The Bertz CT molecular complexity index is 389. The quantitative estimate of drug-likeness (QED) is 0.631.